The fraction of sp³-hybridized carbons (Fsp3) is 0.241. The van der Waals surface area contributed by atoms with Crippen LogP contribution in [-0.4, -0.2) is 18.0 Å². The number of hydrogen-bond donors (Lipinski definition) is 1. The van der Waals surface area contributed by atoms with Crippen LogP contribution in [0.1, 0.15) is 48.3 Å². The zero-order valence-corrected chi connectivity index (χ0v) is 19.6. The number of carbonyl (C=O) groups excluding carboxylic acids is 1. The molecule has 0 unspecified atom stereocenters. The Morgan fingerprint density at radius 1 is 0.939 bits per heavy atom. The first-order valence-corrected chi connectivity index (χ1v) is 11.4. The van der Waals surface area contributed by atoms with Gasteiger partial charge >= 0.3 is 0 Å². The topological polar surface area (TPSA) is 51.2 Å². The summed E-state index contributed by atoms with van der Waals surface area (Å²) in [6, 6.07) is 25.8. The summed E-state index contributed by atoms with van der Waals surface area (Å²) in [5, 5.41) is 3.99. The molecule has 0 saturated heterocycles. The number of para-hydroxylation sites is 1. The Bertz CT molecular complexity index is 1250. The van der Waals surface area contributed by atoms with Crippen molar-refractivity contribution in [2.75, 3.05) is 7.11 Å². The normalized spacial score (nSPS) is 12.0. The second kappa shape index (κ2) is 9.86. The first kappa shape index (κ1) is 22.5. The summed E-state index contributed by atoms with van der Waals surface area (Å²) >= 11 is 0. The first-order valence-electron chi connectivity index (χ1n) is 11.4. The Morgan fingerprint density at radius 2 is 1.64 bits per heavy atom. The van der Waals surface area contributed by atoms with Crippen molar-refractivity contribution >= 4 is 16.8 Å². The molecule has 4 rings (SSSR count). The maximum Gasteiger partial charge on any atom is 0.252 e. The monoisotopic (exact) mass is 438 g/mol. The molecule has 0 aliphatic heterocycles. The summed E-state index contributed by atoms with van der Waals surface area (Å²) < 4.78 is 5.23. The van der Waals surface area contributed by atoms with E-state index in [9.17, 15) is 4.79 Å². The number of methoxy groups -OCH3 is 1. The van der Waals surface area contributed by atoms with Crippen molar-refractivity contribution in [1.82, 2.24) is 10.3 Å². The Labute approximate surface area is 195 Å². The van der Waals surface area contributed by atoms with Crippen LogP contribution < -0.4 is 10.1 Å². The van der Waals surface area contributed by atoms with E-state index in [2.05, 4.69) is 43.4 Å². The van der Waals surface area contributed by atoms with E-state index in [0.29, 0.717) is 11.5 Å². The molecule has 0 saturated carbocycles. The third-order valence-corrected chi connectivity index (χ3v) is 5.82. The van der Waals surface area contributed by atoms with Gasteiger partial charge in [-0.3, -0.25) is 4.79 Å². The summed E-state index contributed by atoms with van der Waals surface area (Å²) in [6.07, 6.45) is 1.04. The van der Waals surface area contributed by atoms with Gasteiger partial charge in [0.25, 0.3) is 5.91 Å². The van der Waals surface area contributed by atoms with Gasteiger partial charge in [-0.25, -0.2) is 4.98 Å². The van der Waals surface area contributed by atoms with E-state index in [-0.39, 0.29) is 11.9 Å². The molecule has 0 bridgehead atoms. The van der Waals surface area contributed by atoms with Crippen LogP contribution in [0, 0.1) is 5.92 Å². The van der Waals surface area contributed by atoms with Gasteiger partial charge in [-0.15, -0.1) is 0 Å². The molecule has 0 radical (unpaired) electrons. The molecule has 0 aliphatic rings. The lowest BCUT2D eigenvalue weighted by Crippen LogP contribution is -2.27. The number of fused-ring (bicyclic) bond motifs is 1. The Morgan fingerprint density at radius 3 is 2.30 bits per heavy atom. The molecule has 4 nitrogen and oxygen atoms in total. The number of rotatable bonds is 7. The molecule has 1 aromatic heterocycles. The van der Waals surface area contributed by atoms with Gasteiger partial charge in [0, 0.05) is 10.9 Å². The van der Waals surface area contributed by atoms with E-state index in [1.165, 1.54) is 5.56 Å². The Kier molecular flexibility index (Phi) is 6.74. The number of nitrogens with zero attached hydrogens (tertiary/aromatic N) is 1. The van der Waals surface area contributed by atoms with Gasteiger partial charge in [-0.05, 0) is 54.7 Å². The SMILES string of the molecule is COc1ccc([C@@H](C)NC(=O)c2cc(-c3ccc(CC(C)C)cc3)nc3ccccc23)cc1. The van der Waals surface area contributed by atoms with E-state index in [4.69, 9.17) is 9.72 Å². The quantitative estimate of drug-likeness (QED) is 0.354. The molecule has 168 valence electrons. The van der Waals surface area contributed by atoms with Crippen molar-refractivity contribution in [3.63, 3.8) is 0 Å². The molecule has 1 atom stereocenters. The second-order valence-electron chi connectivity index (χ2n) is 8.84. The third-order valence-electron chi connectivity index (χ3n) is 5.82. The van der Waals surface area contributed by atoms with Crippen molar-refractivity contribution in [2.24, 2.45) is 5.92 Å². The lowest BCUT2D eigenvalue weighted by atomic mass is 9.99. The summed E-state index contributed by atoms with van der Waals surface area (Å²) in [4.78, 5) is 18.2. The van der Waals surface area contributed by atoms with E-state index < -0.39 is 0 Å². The molecule has 4 heteroatoms. The van der Waals surface area contributed by atoms with Gasteiger partial charge in [0.15, 0.2) is 0 Å². The molecule has 4 aromatic rings. The molecule has 3 aromatic carbocycles. The fourth-order valence-electron chi connectivity index (χ4n) is 4.04. The third kappa shape index (κ3) is 5.23. The lowest BCUT2D eigenvalue weighted by molar-refractivity contribution is 0.0941. The predicted octanol–water partition coefficient (Wildman–Crippen LogP) is 6.60. The van der Waals surface area contributed by atoms with Crippen LogP contribution in [0.5, 0.6) is 5.75 Å². The van der Waals surface area contributed by atoms with Crippen LogP contribution in [0.4, 0.5) is 0 Å². The largest absolute Gasteiger partial charge is 0.497 e. The number of ether oxygens (including phenoxy) is 1. The van der Waals surface area contributed by atoms with Crippen molar-refractivity contribution < 1.29 is 9.53 Å². The minimum atomic E-state index is -0.144. The smallest absolute Gasteiger partial charge is 0.252 e. The van der Waals surface area contributed by atoms with Crippen LogP contribution in [0.2, 0.25) is 0 Å². The number of aromatic nitrogens is 1. The zero-order valence-electron chi connectivity index (χ0n) is 19.6. The minimum absolute atomic E-state index is 0.116. The van der Waals surface area contributed by atoms with E-state index in [1.807, 2.05) is 61.5 Å². The number of nitrogens with one attached hydrogen (secondary N) is 1. The molecule has 0 aliphatic carbocycles. The summed E-state index contributed by atoms with van der Waals surface area (Å²) in [5.74, 6) is 1.29. The number of benzene rings is 3. The second-order valence-corrected chi connectivity index (χ2v) is 8.84. The maximum absolute atomic E-state index is 13.4. The first-order chi connectivity index (χ1) is 15.9. The van der Waals surface area contributed by atoms with Crippen molar-refractivity contribution in [1.29, 1.82) is 0 Å². The molecular weight excluding hydrogens is 408 g/mol. The standard InChI is InChI=1S/C29H30N2O2/c1-19(2)17-21-9-11-23(12-10-21)28-18-26(25-7-5-6-8-27(25)31-28)29(32)30-20(3)22-13-15-24(33-4)16-14-22/h5-16,18-20H,17H2,1-4H3,(H,30,32)/t20-/m1/s1. The van der Waals surface area contributed by atoms with Crippen LogP contribution in [0.25, 0.3) is 22.2 Å². The molecule has 1 heterocycles. The Hall–Kier alpha value is -3.66. The van der Waals surface area contributed by atoms with Crippen LogP contribution in [0.3, 0.4) is 0 Å². The van der Waals surface area contributed by atoms with Crippen molar-refractivity contribution in [2.45, 2.75) is 33.2 Å². The average molecular weight is 439 g/mol. The van der Waals surface area contributed by atoms with E-state index in [0.717, 1.165) is 39.9 Å². The molecule has 0 fully saturated rings. The number of pyridine rings is 1. The van der Waals surface area contributed by atoms with Gasteiger partial charge in [0.2, 0.25) is 0 Å². The van der Waals surface area contributed by atoms with Gasteiger partial charge in [-0.2, -0.15) is 0 Å². The van der Waals surface area contributed by atoms with Gasteiger partial charge in [-0.1, -0.05) is 68.4 Å². The highest BCUT2D eigenvalue weighted by Crippen LogP contribution is 2.26. The van der Waals surface area contributed by atoms with E-state index >= 15 is 0 Å². The van der Waals surface area contributed by atoms with Crippen LogP contribution >= 0.6 is 0 Å². The Balaban J connectivity index is 1.65. The zero-order chi connectivity index (χ0) is 23.4. The minimum Gasteiger partial charge on any atom is -0.497 e. The molecular formula is C29H30N2O2. The summed E-state index contributed by atoms with van der Waals surface area (Å²) in [6.45, 7) is 6.42. The summed E-state index contributed by atoms with van der Waals surface area (Å²) in [5.41, 5.74) is 5.56. The summed E-state index contributed by atoms with van der Waals surface area (Å²) in [7, 11) is 1.64. The van der Waals surface area contributed by atoms with Gasteiger partial charge in [0.05, 0.1) is 29.9 Å². The average Bonchev–Trinajstić information content (AvgIpc) is 2.83. The highest BCUT2D eigenvalue weighted by Gasteiger charge is 2.17. The van der Waals surface area contributed by atoms with Gasteiger partial charge in [0.1, 0.15) is 5.75 Å². The van der Waals surface area contributed by atoms with Crippen molar-refractivity contribution in [3.8, 4) is 17.0 Å². The highest BCUT2D eigenvalue weighted by atomic mass is 16.5. The molecule has 0 spiro atoms. The number of carbonyl (C=O) groups is 1. The van der Waals surface area contributed by atoms with Crippen molar-refractivity contribution in [3.05, 3.63) is 95.6 Å². The number of hydrogen-bond acceptors (Lipinski definition) is 3. The predicted molar refractivity (Wildman–Crippen MR) is 135 cm³/mol. The molecule has 1 amide bonds. The highest BCUT2D eigenvalue weighted by molar-refractivity contribution is 6.07. The van der Waals surface area contributed by atoms with Crippen LogP contribution in [0.15, 0.2) is 78.9 Å². The maximum atomic E-state index is 13.4. The molecule has 1 N–H and O–H groups in total. The van der Waals surface area contributed by atoms with Gasteiger partial charge < -0.3 is 10.1 Å². The fourth-order valence-corrected chi connectivity index (χ4v) is 4.04. The lowest BCUT2D eigenvalue weighted by Gasteiger charge is -2.16. The van der Waals surface area contributed by atoms with E-state index in [1.54, 1.807) is 7.11 Å². The molecule has 33 heavy (non-hydrogen) atoms. The number of amides is 1. The van der Waals surface area contributed by atoms with Crippen LogP contribution in [-0.2, 0) is 6.42 Å².